The Labute approximate surface area is 138 Å². The van der Waals surface area contributed by atoms with Gasteiger partial charge in [0.15, 0.2) is 16.4 Å². The highest BCUT2D eigenvalue weighted by molar-refractivity contribution is 7.92. The fourth-order valence-electron chi connectivity index (χ4n) is 2.27. The normalized spacial score (nSPS) is 12.0. The number of aromatic nitrogens is 3. The van der Waals surface area contributed by atoms with Gasteiger partial charge in [0.05, 0.1) is 5.39 Å². The van der Waals surface area contributed by atoms with Crippen molar-refractivity contribution in [3.05, 3.63) is 35.5 Å². The van der Waals surface area contributed by atoms with Crippen LogP contribution in [-0.2, 0) is 17.1 Å². The first-order chi connectivity index (χ1) is 10.9. The van der Waals surface area contributed by atoms with Gasteiger partial charge in [0.1, 0.15) is 0 Å². The molecule has 3 rings (SSSR count). The second kappa shape index (κ2) is 5.86. The van der Waals surface area contributed by atoms with E-state index in [-0.39, 0.29) is 17.4 Å². The highest BCUT2D eigenvalue weighted by Gasteiger charge is 2.30. The molecule has 0 saturated carbocycles. The zero-order chi connectivity index (χ0) is 16.6. The van der Waals surface area contributed by atoms with Gasteiger partial charge in [-0.25, -0.2) is 4.31 Å². The Bertz CT molecular complexity index is 948. The molecule has 122 valence electrons. The third kappa shape index (κ3) is 2.79. The molecule has 3 aromatic rings. The van der Waals surface area contributed by atoms with Crippen LogP contribution in [0.25, 0.3) is 11.0 Å². The van der Waals surface area contributed by atoms with Crippen molar-refractivity contribution in [1.29, 1.82) is 0 Å². The molecular formula is C14H15ClN4O3S. The third-order valence-corrected chi connectivity index (χ3v) is 5.24. The number of nitrogens with zero attached hydrogens (tertiary/aromatic N) is 4. The number of aryl methyl sites for hydroxylation is 1. The van der Waals surface area contributed by atoms with Crippen molar-refractivity contribution >= 4 is 38.4 Å². The summed E-state index contributed by atoms with van der Waals surface area (Å²) < 4.78 is 33.7. The van der Waals surface area contributed by atoms with Gasteiger partial charge >= 0.3 is 0 Å². The van der Waals surface area contributed by atoms with Crippen molar-refractivity contribution in [1.82, 2.24) is 14.9 Å². The number of anilines is 1. The molecule has 23 heavy (non-hydrogen) atoms. The molecule has 7 nitrogen and oxygen atoms in total. The van der Waals surface area contributed by atoms with Crippen LogP contribution in [0.5, 0.6) is 0 Å². The van der Waals surface area contributed by atoms with Gasteiger partial charge in [-0.2, -0.15) is 13.5 Å². The molecule has 0 saturated heterocycles. The van der Waals surface area contributed by atoms with Gasteiger partial charge in [-0.15, -0.1) is 0 Å². The second-order valence-corrected chi connectivity index (χ2v) is 7.30. The maximum absolute atomic E-state index is 12.9. The monoisotopic (exact) mass is 354 g/mol. The number of hydrogen-bond donors (Lipinski definition) is 0. The summed E-state index contributed by atoms with van der Waals surface area (Å²) >= 11 is 6.01. The molecule has 0 bridgehead atoms. The largest absolute Gasteiger partial charge is 0.354 e. The van der Waals surface area contributed by atoms with E-state index in [4.69, 9.17) is 16.1 Å². The molecule has 2 aromatic heterocycles. The van der Waals surface area contributed by atoms with Crippen LogP contribution in [0.4, 0.5) is 5.82 Å². The molecule has 0 aliphatic heterocycles. The number of rotatable bonds is 5. The molecule has 0 aliphatic carbocycles. The Morgan fingerprint density at radius 1 is 1.35 bits per heavy atom. The number of benzene rings is 1. The van der Waals surface area contributed by atoms with Crippen molar-refractivity contribution in [3.8, 4) is 0 Å². The van der Waals surface area contributed by atoms with Crippen molar-refractivity contribution in [2.45, 2.75) is 18.4 Å². The van der Waals surface area contributed by atoms with Crippen LogP contribution < -0.4 is 4.31 Å². The minimum atomic E-state index is -3.83. The molecule has 0 fully saturated rings. The topological polar surface area (TPSA) is 81.2 Å². The SMILES string of the molecule is CCCN(c1noc2ccc(Cl)cc12)S(=O)(=O)c1ccn(C)n1. The number of fused-ring (bicyclic) bond motifs is 1. The molecule has 9 heteroatoms. The van der Waals surface area contributed by atoms with Crippen molar-refractivity contribution in [3.63, 3.8) is 0 Å². The van der Waals surface area contributed by atoms with E-state index in [9.17, 15) is 8.42 Å². The molecule has 0 atom stereocenters. The van der Waals surface area contributed by atoms with E-state index < -0.39 is 10.0 Å². The van der Waals surface area contributed by atoms with Crippen LogP contribution >= 0.6 is 11.6 Å². The maximum atomic E-state index is 12.9. The number of hydrogen-bond acceptors (Lipinski definition) is 5. The second-order valence-electron chi connectivity index (χ2n) is 5.05. The van der Waals surface area contributed by atoms with Crippen LogP contribution in [0.3, 0.4) is 0 Å². The first-order valence-electron chi connectivity index (χ1n) is 7.01. The Morgan fingerprint density at radius 2 is 2.13 bits per heavy atom. The molecule has 0 spiro atoms. The fourth-order valence-corrected chi connectivity index (χ4v) is 3.91. The summed E-state index contributed by atoms with van der Waals surface area (Å²) in [5.41, 5.74) is 0.474. The molecule has 2 heterocycles. The Hall–Kier alpha value is -2.06. The third-order valence-electron chi connectivity index (χ3n) is 3.32. The van der Waals surface area contributed by atoms with E-state index in [0.717, 1.165) is 0 Å². The summed E-state index contributed by atoms with van der Waals surface area (Å²) in [6.45, 7) is 2.14. The van der Waals surface area contributed by atoms with Gasteiger partial charge in [-0.3, -0.25) is 4.68 Å². The van der Waals surface area contributed by atoms with E-state index in [1.807, 2.05) is 6.92 Å². The lowest BCUT2D eigenvalue weighted by molar-refractivity contribution is 0.456. The maximum Gasteiger partial charge on any atom is 0.284 e. The summed E-state index contributed by atoms with van der Waals surface area (Å²) in [4.78, 5) is 0. The van der Waals surface area contributed by atoms with Gasteiger partial charge in [0.2, 0.25) is 0 Å². The molecule has 0 amide bonds. The quantitative estimate of drug-likeness (QED) is 0.703. The summed E-state index contributed by atoms with van der Waals surface area (Å²) in [6.07, 6.45) is 2.19. The van der Waals surface area contributed by atoms with E-state index in [1.165, 1.54) is 15.1 Å². The predicted octanol–water partition coefficient (Wildman–Crippen LogP) is 2.82. The lowest BCUT2D eigenvalue weighted by Gasteiger charge is -2.19. The lowest BCUT2D eigenvalue weighted by Crippen LogP contribution is -2.32. The summed E-state index contributed by atoms with van der Waals surface area (Å²) in [6, 6.07) is 6.41. The van der Waals surface area contributed by atoms with Crippen LogP contribution in [0.15, 0.2) is 40.0 Å². The van der Waals surface area contributed by atoms with Gasteiger partial charge in [0, 0.05) is 24.8 Å². The Balaban J connectivity index is 2.16. The molecular weight excluding hydrogens is 340 g/mol. The molecule has 1 aromatic carbocycles. The molecule has 0 N–H and O–H groups in total. The van der Waals surface area contributed by atoms with Gasteiger partial charge < -0.3 is 4.52 Å². The number of halogens is 1. The van der Waals surface area contributed by atoms with E-state index in [2.05, 4.69) is 10.3 Å². The molecule has 0 unspecified atom stereocenters. The van der Waals surface area contributed by atoms with Gasteiger partial charge in [0.25, 0.3) is 10.0 Å². The Morgan fingerprint density at radius 3 is 2.78 bits per heavy atom. The van der Waals surface area contributed by atoms with Crippen LogP contribution in [0.1, 0.15) is 13.3 Å². The van der Waals surface area contributed by atoms with Crippen LogP contribution in [0.2, 0.25) is 5.02 Å². The van der Waals surface area contributed by atoms with Gasteiger partial charge in [-0.1, -0.05) is 23.7 Å². The zero-order valence-corrected chi connectivity index (χ0v) is 14.2. The summed E-state index contributed by atoms with van der Waals surface area (Å²) in [5.74, 6) is 0.218. The zero-order valence-electron chi connectivity index (χ0n) is 12.6. The van der Waals surface area contributed by atoms with E-state index in [1.54, 1.807) is 31.4 Å². The van der Waals surface area contributed by atoms with E-state index >= 15 is 0 Å². The van der Waals surface area contributed by atoms with Gasteiger partial charge in [-0.05, 0) is 30.7 Å². The van der Waals surface area contributed by atoms with Crippen molar-refractivity contribution in [2.24, 2.45) is 7.05 Å². The average Bonchev–Trinajstić information content (AvgIpc) is 3.11. The number of sulfonamides is 1. The standard InChI is InChI=1S/C14H15ClN4O3S/c1-3-7-19(23(20,21)13-6-8-18(2)16-13)14-11-9-10(15)4-5-12(11)22-17-14/h4-6,8-9H,3,7H2,1-2H3. The lowest BCUT2D eigenvalue weighted by atomic mass is 10.2. The van der Waals surface area contributed by atoms with E-state index in [0.29, 0.717) is 22.4 Å². The minimum absolute atomic E-state index is 0.0355. The Kier molecular flexibility index (Phi) is 4.03. The highest BCUT2D eigenvalue weighted by atomic mass is 35.5. The highest BCUT2D eigenvalue weighted by Crippen LogP contribution is 2.31. The predicted molar refractivity (Wildman–Crippen MR) is 87.0 cm³/mol. The first-order valence-corrected chi connectivity index (χ1v) is 8.82. The average molecular weight is 355 g/mol. The van der Waals surface area contributed by atoms with Crippen LogP contribution in [-0.4, -0.2) is 29.9 Å². The minimum Gasteiger partial charge on any atom is -0.354 e. The summed E-state index contributed by atoms with van der Waals surface area (Å²) in [7, 11) is -2.17. The summed E-state index contributed by atoms with van der Waals surface area (Å²) in [5, 5.41) is 8.92. The van der Waals surface area contributed by atoms with Crippen molar-refractivity contribution < 1.29 is 12.9 Å². The molecule has 0 aliphatic rings. The van der Waals surface area contributed by atoms with Crippen molar-refractivity contribution in [2.75, 3.05) is 10.8 Å². The fraction of sp³-hybridized carbons (Fsp3) is 0.286. The first kappa shape index (κ1) is 15.8. The van der Waals surface area contributed by atoms with Crippen LogP contribution in [0, 0.1) is 0 Å². The molecule has 0 radical (unpaired) electrons. The smallest absolute Gasteiger partial charge is 0.284 e.